The first-order valence-corrected chi connectivity index (χ1v) is 8.65. The zero-order valence-corrected chi connectivity index (χ0v) is 16.0. The van der Waals surface area contributed by atoms with Gasteiger partial charge in [-0.25, -0.2) is 28.8 Å². The molecule has 3 heterocycles. The van der Waals surface area contributed by atoms with Crippen molar-refractivity contribution >= 4 is 34.4 Å². The molecule has 0 aliphatic rings. The lowest BCUT2D eigenvalue weighted by Crippen LogP contribution is -2.28. The van der Waals surface area contributed by atoms with E-state index in [0.29, 0.717) is 5.39 Å². The third-order valence-electron chi connectivity index (χ3n) is 4.26. The maximum Gasteiger partial charge on any atom is 0.413 e. The number of fused-ring (bicyclic) bond motifs is 1. The number of aromatic nitrogens is 5. The summed E-state index contributed by atoms with van der Waals surface area (Å²) in [5, 5.41) is 4.71. The van der Waals surface area contributed by atoms with Crippen LogP contribution in [0, 0.1) is 5.82 Å². The van der Waals surface area contributed by atoms with Crippen LogP contribution in [0.4, 0.5) is 26.5 Å². The molecule has 0 saturated heterocycles. The van der Waals surface area contributed by atoms with Crippen LogP contribution in [-0.2, 0) is 11.3 Å². The summed E-state index contributed by atoms with van der Waals surface area (Å²) in [7, 11) is 0.977. The molecular weight excluding hydrogens is 403 g/mol. The molecule has 0 radical (unpaired) electrons. The smallest absolute Gasteiger partial charge is 0.413 e. The molecule has 0 aliphatic heterocycles. The number of nitrogen functional groups attached to an aromatic ring is 2. The molecular formula is C20H19FN8O2. The predicted molar refractivity (Wildman–Crippen MR) is 114 cm³/mol. The van der Waals surface area contributed by atoms with Crippen molar-refractivity contribution < 1.29 is 23.5 Å². The fourth-order valence-corrected chi connectivity index (χ4v) is 2.87. The number of amides is 1. The van der Waals surface area contributed by atoms with E-state index in [1.165, 1.54) is 10.9 Å². The largest absolute Gasteiger partial charge is 0.452 e. The third kappa shape index (κ3) is 3.56. The summed E-state index contributed by atoms with van der Waals surface area (Å²) in [6.07, 6.45) is 0.159. The van der Waals surface area contributed by atoms with E-state index in [1.807, 2.05) is 0 Å². The van der Waals surface area contributed by atoms with Crippen molar-refractivity contribution in [1.29, 1.82) is 0 Å². The summed E-state index contributed by atoms with van der Waals surface area (Å²) < 4.78 is 74.8. The second-order valence-corrected chi connectivity index (χ2v) is 6.15. The molecule has 0 saturated carbocycles. The van der Waals surface area contributed by atoms with Crippen LogP contribution in [0.1, 0.15) is 15.2 Å². The molecule has 0 spiro atoms. The van der Waals surface area contributed by atoms with Crippen LogP contribution < -0.4 is 16.4 Å². The number of nitrogens with zero attached hydrogens (tertiary/aromatic N) is 6. The molecule has 31 heavy (non-hydrogen) atoms. The number of rotatable bonds is 4. The van der Waals surface area contributed by atoms with Crippen LogP contribution >= 0.6 is 0 Å². The highest BCUT2D eigenvalue weighted by Gasteiger charge is 2.23. The minimum atomic E-state index is -3.03. The highest BCUT2D eigenvalue weighted by atomic mass is 19.1. The number of benzene rings is 1. The molecule has 0 fully saturated rings. The van der Waals surface area contributed by atoms with E-state index in [-0.39, 0.29) is 27.6 Å². The van der Waals surface area contributed by atoms with Crippen molar-refractivity contribution in [3.8, 4) is 11.5 Å². The zero-order chi connectivity index (χ0) is 28.1. The monoisotopic (exact) mass is 429 g/mol. The fraction of sp³-hybridized carbons (Fsp3) is 0.150. The lowest BCUT2D eigenvalue weighted by molar-refractivity contribution is 0.180. The Labute approximate surface area is 186 Å². The van der Waals surface area contributed by atoms with Gasteiger partial charge >= 0.3 is 6.09 Å². The molecule has 0 aliphatic carbocycles. The minimum Gasteiger partial charge on any atom is -0.452 e. The first kappa shape index (κ1) is 13.1. The summed E-state index contributed by atoms with van der Waals surface area (Å²) >= 11 is 0. The molecule has 0 atom stereocenters. The van der Waals surface area contributed by atoms with Crippen LogP contribution in [-0.4, -0.2) is 44.9 Å². The van der Waals surface area contributed by atoms with Crippen molar-refractivity contribution in [2.75, 3.05) is 30.5 Å². The van der Waals surface area contributed by atoms with Gasteiger partial charge in [-0.1, -0.05) is 18.1 Å². The Hall–Kier alpha value is -4.28. The average molecular weight is 429 g/mol. The molecule has 1 amide bonds. The molecule has 4 N–H and O–H groups in total. The number of pyridine rings is 1. The Morgan fingerprint density at radius 1 is 1.32 bits per heavy atom. The Balaban J connectivity index is 1.88. The Morgan fingerprint density at radius 2 is 2.06 bits per heavy atom. The lowest BCUT2D eigenvalue weighted by atomic mass is 10.2. The van der Waals surface area contributed by atoms with E-state index in [1.54, 1.807) is 12.1 Å². The number of hydrogen-bond donors (Lipinski definition) is 2. The van der Waals surface area contributed by atoms with E-state index >= 15 is 0 Å². The Bertz CT molecular complexity index is 1540. The van der Waals surface area contributed by atoms with Gasteiger partial charge in [-0.3, -0.25) is 4.90 Å². The number of nitrogens with two attached hydrogens (primary N) is 2. The normalized spacial score (nSPS) is 14.6. The second kappa shape index (κ2) is 7.86. The SMILES string of the molecule is [2H]c1c([2H])c([2H])c(Cn2nc(-c3nc(N)c(N(C(=O)OC)C([2H])([2H])[2H])c(N)n3)c3cccnc32)c(F)c1[2H]. The summed E-state index contributed by atoms with van der Waals surface area (Å²) in [6, 6.07) is 0.436. The quantitative estimate of drug-likeness (QED) is 0.504. The van der Waals surface area contributed by atoms with Crippen molar-refractivity contribution in [3.63, 3.8) is 0 Å². The van der Waals surface area contributed by atoms with E-state index in [2.05, 4.69) is 24.8 Å². The fourth-order valence-electron chi connectivity index (χ4n) is 2.87. The highest BCUT2D eigenvalue weighted by Crippen LogP contribution is 2.32. The second-order valence-electron chi connectivity index (χ2n) is 6.15. The Kier molecular flexibility index (Phi) is 3.32. The van der Waals surface area contributed by atoms with Crippen LogP contribution in [0.2, 0.25) is 0 Å². The number of carbonyl (C=O) groups is 1. The predicted octanol–water partition coefficient (Wildman–Crippen LogP) is 2.44. The van der Waals surface area contributed by atoms with E-state index < -0.39 is 66.9 Å². The molecule has 1 aromatic carbocycles. The lowest BCUT2D eigenvalue weighted by Gasteiger charge is -2.18. The minimum absolute atomic E-state index is 0.0535. The number of hydrogen-bond acceptors (Lipinski definition) is 8. The van der Waals surface area contributed by atoms with Gasteiger partial charge in [0.1, 0.15) is 17.2 Å². The third-order valence-corrected chi connectivity index (χ3v) is 4.26. The molecule has 158 valence electrons. The topological polar surface area (TPSA) is 138 Å². The van der Waals surface area contributed by atoms with Gasteiger partial charge < -0.3 is 16.2 Å². The molecule has 0 bridgehead atoms. The molecule has 4 aromatic rings. The molecule has 0 unspecified atom stereocenters. The van der Waals surface area contributed by atoms with Crippen molar-refractivity contribution in [2.24, 2.45) is 0 Å². The molecule has 4 rings (SSSR count). The van der Waals surface area contributed by atoms with Crippen LogP contribution in [0.3, 0.4) is 0 Å². The number of anilines is 3. The summed E-state index contributed by atoms with van der Waals surface area (Å²) in [5.41, 5.74) is 11.4. The van der Waals surface area contributed by atoms with Crippen LogP contribution in [0.5, 0.6) is 0 Å². The molecule has 11 heteroatoms. The van der Waals surface area contributed by atoms with E-state index in [4.69, 9.17) is 21.1 Å². The molecule has 10 nitrogen and oxygen atoms in total. The summed E-state index contributed by atoms with van der Waals surface area (Å²) in [4.78, 5) is 24.8. The van der Waals surface area contributed by atoms with Gasteiger partial charge in [-0.05, 0) is 18.2 Å². The van der Waals surface area contributed by atoms with Gasteiger partial charge in [0.15, 0.2) is 23.1 Å². The number of carbonyl (C=O) groups excluding carboxylic acids is 1. The van der Waals surface area contributed by atoms with Gasteiger partial charge in [0.2, 0.25) is 0 Å². The summed E-state index contributed by atoms with van der Waals surface area (Å²) in [5.74, 6) is -2.25. The number of methoxy groups -OCH3 is 1. The van der Waals surface area contributed by atoms with Gasteiger partial charge in [-0.15, -0.1) is 0 Å². The summed E-state index contributed by atoms with van der Waals surface area (Å²) in [6.45, 7) is -3.45. The maximum absolute atomic E-state index is 14.8. The van der Waals surface area contributed by atoms with Crippen molar-refractivity contribution in [3.05, 3.63) is 53.9 Å². The van der Waals surface area contributed by atoms with Gasteiger partial charge in [0.05, 0.1) is 24.5 Å². The molecule has 3 aromatic heterocycles. The van der Waals surface area contributed by atoms with E-state index in [9.17, 15) is 9.18 Å². The first-order chi connectivity index (χ1) is 17.8. The average Bonchev–Trinajstić information content (AvgIpc) is 3.23. The van der Waals surface area contributed by atoms with Gasteiger partial charge in [0.25, 0.3) is 0 Å². The van der Waals surface area contributed by atoms with E-state index in [0.717, 1.165) is 7.11 Å². The van der Waals surface area contributed by atoms with Crippen molar-refractivity contribution in [1.82, 2.24) is 24.7 Å². The highest BCUT2D eigenvalue weighted by molar-refractivity contribution is 5.96. The number of halogens is 1. The maximum atomic E-state index is 14.8. The standard InChI is InChI=1S/C20H19FN8O2/c1-28(20(30)31-2)15-16(22)25-18(26-17(15)23)14-12-7-5-9-24-19(12)29(27-14)10-11-6-3-4-8-13(11)21/h3-9H,10H2,1-2H3,(H4,22,23,25,26)/i1D3,3D,4D,6D,8D. The van der Waals surface area contributed by atoms with Crippen molar-refractivity contribution in [2.45, 2.75) is 6.54 Å². The number of ether oxygens (including phenoxy) is 1. The Morgan fingerprint density at radius 3 is 2.77 bits per heavy atom. The van der Waals surface area contributed by atoms with Gasteiger partial charge in [-0.2, -0.15) is 5.10 Å². The van der Waals surface area contributed by atoms with Gasteiger partial charge in [0, 0.05) is 22.8 Å². The van der Waals surface area contributed by atoms with Crippen LogP contribution in [0.15, 0.2) is 42.5 Å². The first-order valence-electron chi connectivity index (χ1n) is 12.2. The zero-order valence-electron chi connectivity index (χ0n) is 23.0. The van der Waals surface area contributed by atoms with Crippen LogP contribution in [0.25, 0.3) is 22.6 Å².